The van der Waals surface area contributed by atoms with Crippen LogP contribution in [0.25, 0.3) is 0 Å². The third-order valence-corrected chi connectivity index (χ3v) is 5.83. The summed E-state index contributed by atoms with van der Waals surface area (Å²) < 4.78 is 0. The number of carboxylic acid groups (broad SMARTS) is 1. The highest BCUT2D eigenvalue weighted by molar-refractivity contribution is 6.06. The van der Waals surface area contributed by atoms with Crippen LogP contribution in [0, 0.1) is 0 Å². The Kier molecular flexibility index (Phi) is 6.78. The van der Waals surface area contributed by atoms with Gasteiger partial charge in [0, 0.05) is 11.3 Å². The first-order chi connectivity index (χ1) is 15.4. The van der Waals surface area contributed by atoms with E-state index in [-0.39, 0.29) is 22.3 Å². The first-order valence-electron chi connectivity index (χ1n) is 11.2. The highest BCUT2D eigenvalue weighted by atomic mass is 16.4. The molecule has 4 nitrogen and oxygen atoms in total. The lowest BCUT2D eigenvalue weighted by molar-refractivity contribution is 0.0696. The molecule has 0 fully saturated rings. The monoisotopic (exact) mass is 443 g/mol. The molecule has 0 radical (unpaired) electrons. The molecule has 3 aromatic rings. The topological polar surface area (TPSA) is 57.6 Å². The van der Waals surface area contributed by atoms with Crippen molar-refractivity contribution in [3.05, 3.63) is 101 Å². The van der Waals surface area contributed by atoms with E-state index >= 15 is 0 Å². The fraction of sp³-hybridized carbons (Fsp3) is 0.310. The zero-order chi connectivity index (χ0) is 24.4. The lowest BCUT2D eigenvalue weighted by Gasteiger charge is -2.25. The smallest absolute Gasteiger partial charge is 0.335 e. The molecule has 3 rings (SSSR count). The number of benzene rings is 3. The zero-order valence-electron chi connectivity index (χ0n) is 20.3. The number of carbonyl (C=O) groups is 2. The van der Waals surface area contributed by atoms with E-state index in [9.17, 15) is 14.7 Å². The van der Waals surface area contributed by atoms with Gasteiger partial charge in [0.05, 0.1) is 12.1 Å². The van der Waals surface area contributed by atoms with Crippen molar-refractivity contribution in [2.75, 3.05) is 4.90 Å². The van der Waals surface area contributed by atoms with Crippen molar-refractivity contribution in [3.8, 4) is 0 Å². The Morgan fingerprint density at radius 3 is 1.52 bits per heavy atom. The van der Waals surface area contributed by atoms with E-state index in [2.05, 4.69) is 65.8 Å². The van der Waals surface area contributed by atoms with Gasteiger partial charge < -0.3 is 10.0 Å². The third kappa shape index (κ3) is 5.89. The number of hydrogen-bond acceptors (Lipinski definition) is 2. The molecule has 0 aliphatic carbocycles. The molecule has 1 amide bonds. The molecule has 0 aliphatic rings. The Morgan fingerprint density at radius 2 is 1.09 bits per heavy atom. The van der Waals surface area contributed by atoms with Gasteiger partial charge in [-0.15, -0.1) is 0 Å². The molecule has 0 atom stereocenters. The van der Waals surface area contributed by atoms with E-state index in [0.717, 1.165) is 11.1 Å². The van der Waals surface area contributed by atoms with Crippen molar-refractivity contribution >= 4 is 17.6 Å². The summed E-state index contributed by atoms with van der Waals surface area (Å²) in [5.41, 5.74) is 4.89. The Morgan fingerprint density at radius 1 is 0.667 bits per heavy atom. The standard InChI is InChI=1S/C29H33NO3/c1-28(2,3)23-13-7-20(8-14-23)19-30(25-17-11-22(12-18-25)27(32)33)26(31)21-9-15-24(16-10-21)29(4,5)6/h7-18H,19H2,1-6H3,(H,32,33). The molecular formula is C29H33NO3. The van der Waals surface area contributed by atoms with Crippen LogP contribution in [0.5, 0.6) is 0 Å². The summed E-state index contributed by atoms with van der Waals surface area (Å²) in [6.45, 7) is 13.3. The number of rotatable bonds is 5. The van der Waals surface area contributed by atoms with Gasteiger partial charge in [0.1, 0.15) is 0 Å². The maximum atomic E-state index is 13.6. The molecule has 1 N–H and O–H groups in total. The molecule has 0 spiro atoms. The van der Waals surface area contributed by atoms with Gasteiger partial charge in [-0.2, -0.15) is 0 Å². The van der Waals surface area contributed by atoms with Crippen molar-refractivity contribution in [2.45, 2.75) is 58.9 Å². The third-order valence-electron chi connectivity index (χ3n) is 5.83. The summed E-state index contributed by atoms with van der Waals surface area (Å²) >= 11 is 0. The number of carbonyl (C=O) groups excluding carboxylic acids is 1. The highest BCUT2D eigenvalue weighted by Crippen LogP contribution is 2.26. The minimum Gasteiger partial charge on any atom is -0.478 e. The van der Waals surface area contributed by atoms with Crippen LogP contribution in [0.2, 0.25) is 0 Å². The number of aromatic carboxylic acids is 1. The van der Waals surface area contributed by atoms with Gasteiger partial charge in [-0.3, -0.25) is 4.79 Å². The van der Waals surface area contributed by atoms with E-state index in [1.54, 1.807) is 17.0 Å². The normalized spacial score (nSPS) is 11.8. The first-order valence-corrected chi connectivity index (χ1v) is 11.2. The van der Waals surface area contributed by atoms with Gasteiger partial charge in [-0.05, 0) is 63.9 Å². The van der Waals surface area contributed by atoms with Gasteiger partial charge in [0.2, 0.25) is 0 Å². The summed E-state index contributed by atoms with van der Waals surface area (Å²) in [6, 6.07) is 22.5. The summed E-state index contributed by atoms with van der Waals surface area (Å²) in [7, 11) is 0. The van der Waals surface area contributed by atoms with Crippen LogP contribution < -0.4 is 4.90 Å². The second kappa shape index (κ2) is 9.22. The first kappa shape index (κ1) is 24.2. The zero-order valence-corrected chi connectivity index (χ0v) is 20.3. The molecule has 0 saturated carbocycles. The largest absolute Gasteiger partial charge is 0.478 e. The van der Waals surface area contributed by atoms with Crippen LogP contribution >= 0.6 is 0 Å². The molecular weight excluding hydrogens is 410 g/mol. The summed E-state index contributed by atoms with van der Waals surface area (Å²) in [5, 5.41) is 9.24. The van der Waals surface area contributed by atoms with E-state index in [4.69, 9.17) is 0 Å². The maximum Gasteiger partial charge on any atom is 0.335 e. The molecule has 0 bridgehead atoms. The average molecular weight is 444 g/mol. The van der Waals surface area contributed by atoms with Crippen LogP contribution in [0.3, 0.4) is 0 Å². The molecule has 33 heavy (non-hydrogen) atoms. The lowest BCUT2D eigenvalue weighted by atomic mass is 9.86. The van der Waals surface area contributed by atoms with Crippen molar-refractivity contribution in [1.29, 1.82) is 0 Å². The number of nitrogens with zero attached hydrogens (tertiary/aromatic N) is 1. The molecule has 3 aromatic carbocycles. The van der Waals surface area contributed by atoms with Gasteiger partial charge in [0.15, 0.2) is 0 Å². The highest BCUT2D eigenvalue weighted by Gasteiger charge is 2.21. The minimum absolute atomic E-state index is 0.00271. The van der Waals surface area contributed by atoms with E-state index in [1.165, 1.54) is 17.7 Å². The van der Waals surface area contributed by atoms with Crippen molar-refractivity contribution in [3.63, 3.8) is 0 Å². The van der Waals surface area contributed by atoms with Crippen LogP contribution in [-0.4, -0.2) is 17.0 Å². The predicted molar refractivity (Wildman–Crippen MR) is 134 cm³/mol. The fourth-order valence-corrected chi connectivity index (χ4v) is 3.63. The Bertz CT molecular complexity index is 1110. The second-order valence-electron chi connectivity index (χ2n) is 10.5. The van der Waals surface area contributed by atoms with Gasteiger partial charge >= 0.3 is 5.97 Å². The van der Waals surface area contributed by atoms with E-state index in [0.29, 0.717) is 17.8 Å². The molecule has 0 aliphatic heterocycles. The van der Waals surface area contributed by atoms with Crippen LogP contribution in [0.15, 0.2) is 72.8 Å². The van der Waals surface area contributed by atoms with Gasteiger partial charge in [0.25, 0.3) is 5.91 Å². The molecule has 4 heteroatoms. The number of amides is 1. The molecule has 0 unspecified atom stereocenters. The van der Waals surface area contributed by atoms with E-state index < -0.39 is 5.97 Å². The number of anilines is 1. The van der Waals surface area contributed by atoms with Gasteiger partial charge in [-0.25, -0.2) is 4.79 Å². The van der Waals surface area contributed by atoms with Crippen molar-refractivity contribution in [2.24, 2.45) is 0 Å². The van der Waals surface area contributed by atoms with Crippen LogP contribution in [-0.2, 0) is 17.4 Å². The average Bonchev–Trinajstić information content (AvgIpc) is 2.76. The van der Waals surface area contributed by atoms with Gasteiger partial charge in [-0.1, -0.05) is 77.9 Å². The Balaban J connectivity index is 1.96. The molecule has 0 aromatic heterocycles. The number of carboxylic acids is 1. The molecule has 0 heterocycles. The fourth-order valence-electron chi connectivity index (χ4n) is 3.63. The summed E-state index contributed by atoms with van der Waals surface area (Å²) in [5.74, 6) is -1.12. The Labute approximate surface area is 196 Å². The maximum absolute atomic E-state index is 13.6. The number of hydrogen-bond donors (Lipinski definition) is 1. The SMILES string of the molecule is CC(C)(C)c1ccc(CN(C(=O)c2ccc(C(C)(C)C)cc2)c2ccc(C(=O)O)cc2)cc1. The molecule has 0 saturated heterocycles. The molecule has 172 valence electrons. The van der Waals surface area contributed by atoms with Crippen molar-refractivity contribution < 1.29 is 14.7 Å². The van der Waals surface area contributed by atoms with E-state index in [1.807, 2.05) is 24.3 Å². The lowest BCUT2D eigenvalue weighted by Crippen LogP contribution is -2.30. The van der Waals surface area contributed by atoms with Crippen molar-refractivity contribution in [1.82, 2.24) is 0 Å². The Hall–Kier alpha value is -3.40. The predicted octanol–water partition coefficient (Wildman–Crippen LogP) is 6.83. The quantitative estimate of drug-likeness (QED) is 0.470. The van der Waals surface area contributed by atoms with Crippen LogP contribution in [0.1, 0.15) is 78.9 Å². The summed E-state index contributed by atoms with van der Waals surface area (Å²) in [6.07, 6.45) is 0. The van der Waals surface area contributed by atoms with Crippen LogP contribution in [0.4, 0.5) is 5.69 Å². The second-order valence-corrected chi connectivity index (χ2v) is 10.5. The minimum atomic E-state index is -0.991. The summed E-state index contributed by atoms with van der Waals surface area (Å²) in [4.78, 5) is 26.5.